The van der Waals surface area contributed by atoms with Crippen LogP contribution >= 0.6 is 0 Å². The second-order valence-corrected chi connectivity index (χ2v) is 6.30. The highest BCUT2D eigenvalue weighted by atomic mass is 16.5. The highest BCUT2D eigenvalue weighted by Gasteiger charge is 2.57. The summed E-state index contributed by atoms with van der Waals surface area (Å²) in [6.45, 7) is 0. The first-order valence-corrected chi connectivity index (χ1v) is 7.54. The normalized spacial score (nSPS) is 30.9. The average molecular weight is 282 g/mol. The first-order valence-electron chi connectivity index (χ1n) is 7.54. The van der Waals surface area contributed by atoms with Gasteiger partial charge >= 0.3 is 5.97 Å². The molecule has 2 aliphatic heterocycles. The van der Waals surface area contributed by atoms with Crippen LogP contribution in [0.4, 0.5) is 0 Å². The molecule has 21 heavy (non-hydrogen) atoms. The van der Waals surface area contributed by atoms with Gasteiger partial charge < -0.3 is 9.84 Å². The third kappa shape index (κ3) is 1.88. The minimum absolute atomic E-state index is 0.126. The smallest absolute Gasteiger partial charge is 0.312 e. The Hall–Kier alpha value is -1.87. The molecule has 0 spiro atoms. The molecule has 2 aromatic rings. The predicted molar refractivity (Wildman–Crippen MR) is 80.2 cm³/mol. The van der Waals surface area contributed by atoms with Crippen LogP contribution in [-0.4, -0.2) is 23.3 Å². The number of carboxylic acids is 1. The molecule has 2 aromatic carbocycles. The second kappa shape index (κ2) is 4.57. The van der Waals surface area contributed by atoms with Gasteiger partial charge in [-0.05, 0) is 42.0 Å². The summed E-state index contributed by atoms with van der Waals surface area (Å²) in [5.74, 6) is -0.706. The zero-order valence-corrected chi connectivity index (χ0v) is 11.8. The van der Waals surface area contributed by atoms with E-state index in [1.165, 1.54) is 5.39 Å². The number of benzene rings is 2. The van der Waals surface area contributed by atoms with Crippen LogP contribution in [0.15, 0.2) is 42.5 Å². The first kappa shape index (κ1) is 12.8. The van der Waals surface area contributed by atoms with Crippen molar-refractivity contribution < 1.29 is 14.6 Å². The molecule has 3 unspecified atom stereocenters. The molecule has 1 N–H and O–H groups in total. The molecule has 3 heteroatoms. The summed E-state index contributed by atoms with van der Waals surface area (Å²) in [6, 6.07) is 14.3. The molecular formula is C18H18O3. The van der Waals surface area contributed by atoms with Gasteiger partial charge in [0.25, 0.3) is 0 Å². The number of carbonyl (C=O) groups is 1. The molecule has 2 saturated heterocycles. The van der Waals surface area contributed by atoms with Crippen molar-refractivity contribution in [2.45, 2.75) is 37.9 Å². The lowest BCUT2D eigenvalue weighted by molar-refractivity contribution is -0.152. The van der Waals surface area contributed by atoms with Crippen molar-refractivity contribution in [3.63, 3.8) is 0 Å². The molecule has 4 rings (SSSR count). The quantitative estimate of drug-likeness (QED) is 0.938. The number of ether oxygens (including phenoxy) is 1. The van der Waals surface area contributed by atoms with Crippen LogP contribution in [0.3, 0.4) is 0 Å². The lowest BCUT2D eigenvalue weighted by Gasteiger charge is -2.31. The van der Waals surface area contributed by atoms with Gasteiger partial charge in [0, 0.05) is 0 Å². The van der Waals surface area contributed by atoms with Gasteiger partial charge in [-0.3, -0.25) is 4.79 Å². The molecule has 2 fully saturated rings. The Bertz CT molecular complexity index is 703. The minimum atomic E-state index is -0.743. The summed E-state index contributed by atoms with van der Waals surface area (Å²) < 4.78 is 5.85. The molecule has 2 bridgehead atoms. The summed E-state index contributed by atoms with van der Waals surface area (Å²) in [5.41, 5.74) is 0.374. The van der Waals surface area contributed by atoms with Crippen LogP contribution in [0.2, 0.25) is 0 Å². The number of fused-ring (bicyclic) bond motifs is 3. The maximum absolute atomic E-state index is 12.0. The average Bonchev–Trinajstić information content (AvgIpc) is 3.09. The zero-order valence-electron chi connectivity index (χ0n) is 11.8. The SMILES string of the molecule is O=C(O)C1(Cc2cccc3ccccc23)CC2CCC1O2. The molecule has 2 heterocycles. The van der Waals surface area contributed by atoms with E-state index in [-0.39, 0.29) is 12.2 Å². The molecule has 0 aromatic heterocycles. The number of aliphatic carboxylic acids is 1. The summed E-state index contributed by atoms with van der Waals surface area (Å²) in [7, 11) is 0. The Labute approximate surface area is 123 Å². The molecular weight excluding hydrogens is 264 g/mol. The Kier molecular flexibility index (Phi) is 2.79. The third-order valence-electron chi connectivity index (χ3n) is 5.13. The lowest BCUT2D eigenvalue weighted by atomic mass is 9.70. The van der Waals surface area contributed by atoms with Crippen molar-refractivity contribution in [1.29, 1.82) is 0 Å². The van der Waals surface area contributed by atoms with Crippen LogP contribution < -0.4 is 0 Å². The highest BCUT2D eigenvalue weighted by molar-refractivity contribution is 5.87. The Morgan fingerprint density at radius 1 is 1.19 bits per heavy atom. The van der Waals surface area contributed by atoms with Crippen molar-refractivity contribution in [2.75, 3.05) is 0 Å². The fourth-order valence-electron chi connectivity index (χ4n) is 4.07. The Morgan fingerprint density at radius 2 is 2.00 bits per heavy atom. The fraction of sp³-hybridized carbons (Fsp3) is 0.389. The summed E-state index contributed by atoms with van der Waals surface area (Å²) >= 11 is 0. The largest absolute Gasteiger partial charge is 0.481 e. The number of hydrogen-bond acceptors (Lipinski definition) is 2. The molecule has 0 saturated carbocycles. The standard InChI is InChI=1S/C18H18O3/c19-17(20)18(11-14-8-9-16(18)21-14)10-13-6-3-5-12-4-1-2-7-15(12)13/h1-7,14,16H,8-11H2,(H,19,20). The van der Waals surface area contributed by atoms with E-state index in [2.05, 4.69) is 24.3 Å². The van der Waals surface area contributed by atoms with E-state index in [0.717, 1.165) is 23.8 Å². The third-order valence-corrected chi connectivity index (χ3v) is 5.13. The minimum Gasteiger partial charge on any atom is -0.481 e. The lowest BCUT2D eigenvalue weighted by Crippen LogP contribution is -2.42. The molecule has 3 nitrogen and oxygen atoms in total. The van der Waals surface area contributed by atoms with Gasteiger partial charge in [0.05, 0.1) is 12.2 Å². The zero-order chi connectivity index (χ0) is 14.4. The molecule has 0 amide bonds. The van der Waals surface area contributed by atoms with E-state index >= 15 is 0 Å². The number of rotatable bonds is 3. The van der Waals surface area contributed by atoms with Gasteiger partial charge in [-0.25, -0.2) is 0 Å². The maximum Gasteiger partial charge on any atom is 0.312 e. The second-order valence-electron chi connectivity index (χ2n) is 6.30. The van der Waals surface area contributed by atoms with Crippen molar-refractivity contribution >= 4 is 16.7 Å². The Balaban J connectivity index is 1.78. The summed E-state index contributed by atoms with van der Waals surface area (Å²) in [6.07, 6.45) is 3.11. The van der Waals surface area contributed by atoms with Crippen molar-refractivity contribution in [1.82, 2.24) is 0 Å². The maximum atomic E-state index is 12.0. The van der Waals surface area contributed by atoms with Crippen LogP contribution in [0, 0.1) is 5.41 Å². The van der Waals surface area contributed by atoms with Crippen molar-refractivity contribution in [3.05, 3.63) is 48.0 Å². The van der Waals surface area contributed by atoms with E-state index in [4.69, 9.17) is 4.74 Å². The molecule has 0 radical (unpaired) electrons. The molecule has 3 atom stereocenters. The highest BCUT2D eigenvalue weighted by Crippen LogP contribution is 2.50. The van der Waals surface area contributed by atoms with E-state index in [9.17, 15) is 9.90 Å². The number of carboxylic acid groups (broad SMARTS) is 1. The predicted octanol–water partition coefficient (Wildman–Crippen LogP) is 3.40. The first-order chi connectivity index (χ1) is 10.2. The van der Waals surface area contributed by atoms with Gasteiger partial charge in [-0.1, -0.05) is 42.5 Å². The molecule has 108 valence electrons. The van der Waals surface area contributed by atoms with Gasteiger partial charge in [-0.15, -0.1) is 0 Å². The van der Waals surface area contributed by atoms with Crippen molar-refractivity contribution in [3.8, 4) is 0 Å². The van der Waals surface area contributed by atoms with Gasteiger partial charge in [0.15, 0.2) is 0 Å². The topological polar surface area (TPSA) is 46.5 Å². The van der Waals surface area contributed by atoms with Gasteiger partial charge in [0.2, 0.25) is 0 Å². The Morgan fingerprint density at radius 3 is 2.71 bits per heavy atom. The number of hydrogen-bond donors (Lipinski definition) is 1. The van der Waals surface area contributed by atoms with E-state index in [1.54, 1.807) is 0 Å². The summed E-state index contributed by atoms with van der Waals surface area (Å²) in [4.78, 5) is 12.0. The van der Waals surface area contributed by atoms with Crippen LogP contribution in [-0.2, 0) is 16.0 Å². The van der Waals surface area contributed by atoms with Crippen LogP contribution in [0.1, 0.15) is 24.8 Å². The molecule has 2 aliphatic rings. The van der Waals surface area contributed by atoms with Gasteiger partial charge in [0.1, 0.15) is 5.41 Å². The van der Waals surface area contributed by atoms with E-state index < -0.39 is 11.4 Å². The van der Waals surface area contributed by atoms with E-state index in [1.807, 2.05) is 18.2 Å². The van der Waals surface area contributed by atoms with Crippen LogP contribution in [0.5, 0.6) is 0 Å². The van der Waals surface area contributed by atoms with E-state index in [0.29, 0.717) is 12.8 Å². The monoisotopic (exact) mass is 282 g/mol. The fourth-order valence-corrected chi connectivity index (χ4v) is 4.07. The van der Waals surface area contributed by atoms with Crippen molar-refractivity contribution in [2.24, 2.45) is 5.41 Å². The molecule has 0 aliphatic carbocycles. The van der Waals surface area contributed by atoms with Crippen LogP contribution in [0.25, 0.3) is 10.8 Å². The van der Waals surface area contributed by atoms with Gasteiger partial charge in [-0.2, -0.15) is 0 Å². The summed E-state index contributed by atoms with van der Waals surface area (Å²) in [5, 5.41) is 12.2.